The number of nitro benzene ring substituents is 1. The van der Waals surface area contributed by atoms with Gasteiger partial charge in [0.05, 0.1) is 4.92 Å². The van der Waals surface area contributed by atoms with E-state index in [0.29, 0.717) is 10.4 Å². The summed E-state index contributed by atoms with van der Waals surface area (Å²) in [6.07, 6.45) is -1.23. The topological polar surface area (TPSA) is 98.5 Å². The lowest BCUT2D eigenvalue weighted by molar-refractivity contribution is -0.384. The Balaban J connectivity index is 1.86. The van der Waals surface area contributed by atoms with Crippen LogP contribution in [0, 0.1) is 10.1 Å². The van der Waals surface area contributed by atoms with E-state index in [9.17, 15) is 19.7 Å². The Labute approximate surface area is 168 Å². The van der Waals surface area contributed by atoms with Crippen LogP contribution in [0.5, 0.6) is 0 Å². The van der Waals surface area contributed by atoms with E-state index < -0.39 is 22.9 Å². The fourth-order valence-corrected chi connectivity index (χ4v) is 3.19. The van der Waals surface area contributed by atoms with Gasteiger partial charge in [-0.2, -0.15) is 0 Å². The molecule has 3 aromatic rings. The predicted molar refractivity (Wildman–Crippen MR) is 106 cm³/mol. The summed E-state index contributed by atoms with van der Waals surface area (Å²) in [5.74, 6) is -1.28. The highest BCUT2D eigenvalue weighted by Gasteiger charge is 2.26. The summed E-state index contributed by atoms with van der Waals surface area (Å²) >= 11 is 6.98. The fourth-order valence-electron chi connectivity index (χ4n) is 2.40. The summed E-state index contributed by atoms with van der Waals surface area (Å²) in [6.45, 7) is 0. The van der Waals surface area contributed by atoms with Crippen LogP contribution in [0.15, 0.2) is 66.0 Å². The Morgan fingerprint density at radius 3 is 2.50 bits per heavy atom. The molecule has 1 heterocycles. The third kappa shape index (κ3) is 4.54. The zero-order valence-electron chi connectivity index (χ0n) is 14.2. The molecule has 2 aromatic carbocycles. The number of hydrogen-bond acceptors (Lipinski definition) is 6. The smallest absolute Gasteiger partial charge is 0.349 e. The van der Waals surface area contributed by atoms with Gasteiger partial charge < -0.3 is 10.1 Å². The molecule has 3 rings (SSSR count). The van der Waals surface area contributed by atoms with Crippen molar-refractivity contribution in [3.8, 4) is 0 Å². The Morgan fingerprint density at radius 1 is 1.11 bits per heavy atom. The SMILES string of the molecule is O=C(OC(C(=O)Nc1ccc(Cl)c([N+](=O)[O-])c1)c1ccccc1)c1cccs1. The van der Waals surface area contributed by atoms with Crippen LogP contribution in [-0.2, 0) is 9.53 Å². The minimum Gasteiger partial charge on any atom is -0.443 e. The minimum absolute atomic E-state index is 0.0493. The average Bonchev–Trinajstić information content (AvgIpc) is 3.22. The summed E-state index contributed by atoms with van der Waals surface area (Å²) in [4.78, 5) is 35.9. The first kappa shape index (κ1) is 19.5. The van der Waals surface area contributed by atoms with Gasteiger partial charge >= 0.3 is 5.97 Å². The van der Waals surface area contributed by atoms with Gasteiger partial charge in [0.2, 0.25) is 6.10 Å². The number of thiophene rings is 1. The molecule has 1 aromatic heterocycles. The predicted octanol–water partition coefficient (Wildman–Crippen LogP) is 4.85. The molecule has 0 aliphatic heterocycles. The standard InChI is InChI=1S/C19H13ClN2O5S/c20-14-9-8-13(11-15(14)22(25)26)21-18(23)17(12-5-2-1-3-6-12)27-19(24)16-7-4-10-28-16/h1-11,17H,(H,21,23). The average molecular weight is 417 g/mol. The summed E-state index contributed by atoms with van der Waals surface area (Å²) in [6, 6.07) is 15.7. The van der Waals surface area contributed by atoms with Crippen LogP contribution >= 0.6 is 22.9 Å². The van der Waals surface area contributed by atoms with Gasteiger partial charge in [-0.25, -0.2) is 4.79 Å². The van der Waals surface area contributed by atoms with Crippen molar-refractivity contribution in [2.24, 2.45) is 0 Å². The highest BCUT2D eigenvalue weighted by atomic mass is 35.5. The van der Waals surface area contributed by atoms with Gasteiger partial charge in [-0.05, 0) is 23.6 Å². The molecule has 142 valence electrons. The van der Waals surface area contributed by atoms with Crippen molar-refractivity contribution in [3.63, 3.8) is 0 Å². The van der Waals surface area contributed by atoms with Crippen molar-refractivity contribution in [3.05, 3.63) is 91.6 Å². The van der Waals surface area contributed by atoms with E-state index >= 15 is 0 Å². The summed E-state index contributed by atoms with van der Waals surface area (Å²) in [5.41, 5.74) is 0.286. The minimum atomic E-state index is -1.23. The number of nitro groups is 1. The van der Waals surface area contributed by atoms with E-state index in [2.05, 4.69) is 5.32 Å². The maximum Gasteiger partial charge on any atom is 0.349 e. The summed E-state index contributed by atoms with van der Waals surface area (Å²) < 4.78 is 5.42. The molecule has 1 N–H and O–H groups in total. The van der Waals surface area contributed by atoms with Crippen LogP contribution in [0.3, 0.4) is 0 Å². The molecule has 0 radical (unpaired) electrons. The Hall–Kier alpha value is -3.23. The molecule has 0 saturated carbocycles. The Morgan fingerprint density at radius 2 is 1.86 bits per heavy atom. The van der Waals surface area contributed by atoms with Crippen molar-refractivity contribution in [2.75, 3.05) is 5.32 Å². The molecule has 0 spiro atoms. The second kappa shape index (κ2) is 8.64. The third-order valence-electron chi connectivity index (χ3n) is 3.70. The summed E-state index contributed by atoms with van der Waals surface area (Å²) in [7, 11) is 0. The van der Waals surface area contributed by atoms with Crippen LogP contribution in [-0.4, -0.2) is 16.8 Å². The van der Waals surface area contributed by atoms with Gasteiger partial charge in [0.15, 0.2) is 0 Å². The number of anilines is 1. The normalized spacial score (nSPS) is 11.5. The lowest BCUT2D eigenvalue weighted by Crippen LogP contribution is -2.25. The zero-order valence-corrected chi connectivity index (χ0v) is 15.8. The number of esters is 1. The third-order valence-corrected chi connectivity index (χ3v) is 4.87. The monoisotopic (exact) mass is 416 g/mol. The lowest BCUT2D eigenvalue weighted by atomic mass is 10.1. The first-order valence-corrected chi connectivity index (χ1v) is 9.25. The Kier molecular flexibility index (Phi) is 6.03. The van der Waals surface area contributed by atoms with Crippen LogP contribution in [0.2, 0.25) is 5.02 Å². The first-order chi connectivity index (χ1) is 13.5. The number of halogens is 1. The number of nitrogens with one attached hydrogen (secondary N) is 1. The highest BCUT2D eigenvalue weighted by molar-refractivity contribution is 7.11. The molecule has 9 heteroatoms. The van der Waals surface area contributed by atoms with Crippen molar-refractivity contribution in [1.29, 1.82) is 0 Å². The number of carbonyl (C=O) groups is 2. The maximum atomic E-state index is 12.8. The van der Waals surface area contributed by atoms with E-state index in [4.69, 9.17) is 16.3 Å². The van der Waals surface area contributed by atoms with Gasteiger partial charge in [0.25, 0.3) is 11.6 Å². The molecule has 0 fully saturated rings. The maximum absolute atomic E-state index is 12.8. The molecule has 0 bridgehead atoms. The molecule has 0 aliphatic rings. The number of carbonyl (C=O) groups excluding carboxylic acids is 2. The van der Waals surface area contributed by atoms with Crippen LogP contribution in [0.4, 0.5) is 11.4 Å². The molecule has 0 saturated heterocycles. The van der Waals surface area contributed by atoms with E-state index in [1.54, 1.807) is 47.8 Å². The van der Waals surface area contributed by atoms with Gasteiger partial charge in [0, 0.05) is 17.3 Å². The van der Waals surface area contributed by atoms with Crippen molar-refractivity contribution >= 4 is 46.2 Å². The van der Waals surface area contributed by atoms with Gasteiger partial charge in [-0.3, -0.25) is 14.9 Å². The number of rotatable bonds is 6. The molecular weight excluding hydrogens is 404 g/mol. The number of hydrogen-bond donors (Lipinski definition) is 1. The van der Waals surface area contributed by atoms with Gasteiger partial charge in [0.1, 0.15) is 9.90 Å². The second-order valence-electron chi connectivity index (χ2n) is 5.59. The number of benzene rings is 2. The summed E-state index contributed by atoms with van der Waals surface area (Å²) in [5, 5.41) is 15.2. The Bertz CT molecular complexity index is 1010. The van der Waals surface area contributed by atoms with Crippen molar-refractivity contribution in [2.45, 2.75) is 6.10 Å². The fraction of sp³-hybridized carbons (Fsp3) is 0.0526. The first-order valence-electron chi connectivity index (χ1n) is 8.00. The molecule has 28 heavy (non-hydrogen) atoms. The van der Waals surface area contributed by atoms with Crippen LogP contribution in [0.1, 0.15) is 21.3 Å². The molecular formula is C19H13ClN2O5S. The van der Waals surface area contributed by atoms with E-state index in [-0.39, 0.29) is 16.4 Å². The highest BCUT2D eigenvalue weighted by Crippen LogP contribution is 2.29. The number of nitrogens with zero attached hydrogens (tertiary/aromatic N) is 1. The molecule has 7 nitrogen and oxygen atoms in total. The largest absolute Gasteiger partial charge is 0.443 e. The van der Waals surface area contributed by atoms with E-state index in [1.165, 1.54) is 23.5 Å². The van der Waals surface area contributed by atoms with E-state index in [1.807, 2.05) is 0 Å². The van der Waals surface area contributed by atoms with Crippen LogP contribution < -0.4 is 5.32 Å². The van der Waals surface area contributed by atoms with E-state index in [0.717, 1.165) is 6.07 Å². The number of amides is 1. The van der Waals surface area contributed by atoms with Gasteiger partial charge in [-0.1, -0.05) is 48.0 Å². The van der Waals surface area contributed by atoms with Crippen LogP contribution in [0.25, 0.3) is 0 Å². The van der Waals surface area contributed by atoms with Gasteiger partial charge in [-0.15, -0.1) is 11.3 Å². The lowest BCUT2D eigenvalue weighted by Gasteiger charge is -2.17. The molecule has 1 amide bonds. The zero-order chi connectivity index (χ0) is 20.1. The number of ether oxygens (including phenoxy) is 1. The van der Waals surface area contributed by atoms with Crippen molar-refractivity contribution < 1.29 is 19.2 Å². The molecule has 1 unspecified atom stereocenters. The molecule has 0 aliphatic carbocycles. The second-order valence-corrected chi connectivity index (χ2v) is 6.94. The quantitative estimate of drug-likeness (QED) is 0.352. The molecule has 1 atom stereocenters. The van der Waals surface area contributed by atoms with Crippen molar-refractivity contribution in [1.82, 2.24) is 0 Å².